The van der Waals surface area contributed by atoms with Gasteiger partial charge in [-0.15, -0.1) is 0 Å². The molecule has 1 spiro atoms. The molecule has 1 saturated heterocycles. The van der Waals surface area contributed by atoms with Crippen LogP contribution in [0.5, 0.6) is 0 Å². The van der Waals surface area contributed by atoms with Crippen molar-refractivity contribution >= 4 is 6.09 Å². The molecule has 4 nitrogen and oxygen atoms in total. The van der Waals surface area contributed by atoms with Crippen LogP contribution in [0.15, 0.2) is 0 Å². The van der Waals surface area contributed by atoms with Gasteiger partial charge in [0, 0.05) is 14.1 Å². The number of cyclic esters (lactones) is 1. The first kappa shape index (κ1) is 6.91. The van der Waals surface area contributed by atoms with E-state index in [0.717, 1.165) is 12.8 Å². The largest absolute Gasteiger partial charge is 0.446 e. The molecule has 1 amide bonds. The zero-order valence-corrected chi connectivity index (χ0v) is 6.83. The zero-order chi connectivity index (χ0) is 8.06. The smallest absolute Gasteiger partial charge is 0.425 e. The van der Waals surface area contributed by atoms with Gasteiger partial charge in [-0.3, -0.25) is 0 Å². The molecule has 0 N–H and O–H groups in total. The van der Waals surface area contributed by atoms with Gasteiger partial charge in [0.1, 0.15) is 6.61 Å². The molecule has 0 atom stereocenters. The van der Waals surface area contributed by atoms with E-state index in [1.165, 1.54) is 0 Å². The fourth-order valence-corrected chi connectivity index (χ4v) is 1.60. The van der Waals surface area contributed by atoms with Crippen LogP contribution in [0.2, 0.25) is 0 Å². The second-order valence-corrected chi connectivity index (χ2v) is 3.44. The molecule has 0 radical (unpaired) electrons. The highest BCUT2D eigenvalue weighted by Gasteiger charge is 2.57. The number of nitrogens with zero attached hydrogens (tertiary/aromatic N) is 2. The first-order chi connectivity index (χ1) is 5.16. The molecule has 0 bridgehead atoms. The van der Waals surface area contributed by atoms with Crippen LogP contribution in [0.1, 0.15) is 12.8 Å². The summed E-state index contributed by atoms with van der Waals surface area (Å²) in [6, 6.07) is 0. The molecule has 0 aromatic heterocycles. The Balaban J connectivity index is 2.20. The van der Waals surface area contributed by atoms with E-state index >= 15 is 0 Å². The molecular weight excluding hydrogens is 144 g/mol. The predicted molar refractivity (Wildman–Crippen MR) is 38.8 cm³/mol. The summed E-state index contributed by atoms with van der Waals surface area (Å²) in [5.74, 6) is 0. The van der Waals surface area contributed by atoms with Crippen molar-refractivity contribution in [3.8, 4) is 0 Å². The van der Waals surface area contributed by atoms with Gasteiger partial charge in [-0.25, -0.2) is 14.8 Å². The van der Waals surface area contributed by atoms with Crippen molar-refractivity contribution in [2.24, 2.45) is 0 Å². The monoisotopic (exact) mass is 156 g/mol. The standard InChI is InChI=1S/C7H12N2O2/c1-8(2)9-6(10)11-5-7(9)3-4-7/h3-5H2,1-2H3. The Morgan fingerprint density at radius 2 is 2.18 bits per heavy atom. The lowest BCUT2D eigenvalue weighted by atomic mass is 10.3. The van der Waals surface area contributed by atoms with Gasteiger partial charge in [-0.1, -0.05) is 0 Å². The third-order valence-electron chi connectivity index (χ3n) is 2.31. The second kappa shape index (κ2) is 1.88. The van der Waals surface area contributed by atoms with Gasteiger partial charge in [0.2, 0.25) is 0 Å². The maximum absolute atomic E-state index is 11.1. The fourth-order valence-electron chi connectivity index (χ4n) is 1.60. The van der Waals surface area contributed by atoms with Gasteiger partial charge in [0.05, 0.1) is 5.54 Å². The molecule has 2 fully saturated rings. The highest BCUT2D eigenvalue weighted by molar-refractivity contribution is 5.71. The topological polar surface area (TPSA) is 32.8 Å². The first-order valence-electron chi connectivity index (χ1n) is 3.80. The third-order valence-corrected chi connectivity index (χ3v) is 2.31. The van der Waals surface area contributed by atoms with Crippen molar-refractivity contribution in [3.63, 3.8) is 0 Å². The molecule has 1 saturated carbocycles. The normalized spacial score (nSPS) is 26.5. The Morgan fingerprint density at radius 1 is 1.55 bits per heavy atom. The minimum absolute atomic E-state index is 0.0422. The van der Waals surface area contributed by atoms with Crippen LogP contribution in [0, 0.1) is 0 Å². The maximum Gasteiger partial charge on any atom is 0.425 e. The number of rotatable bonds is 1. The highest BCUT2D eigenvalue weighted by Crippen LogP contribution is 2.46. The van der Waals surface area contributed by atoms with Crippen LogP contribution in [-0.2, 0) is 4.74 Å². The van der Waals surface area contributed by atoms with Crippen molar-refractivity contribution in [1.29, 1.82) is 0 Å². The van der Waals surface area contributed by atoms with E-state index in [0.29, 0.717) is 6.61 Å². The summed E-state index contributed by atoms with van der Waals surface area (Å²) in [4.78, 5) is 11.1. The van der Waals surface area contributed by atoms with E-state index in [2.05, 4.69) is 0 Å². The van der Waals surface area contributed by atoms with E-state index < -0.39 is 0 Å². The predicted octanol–water partition coefficient (Wildman–Crippen LogP) is 0.448. The quantitative estimate of drug-likeness (QED) is 0.552. The Kier molecular flexibility index (Phi) is 1.18. The van der Waals surface area contributed by atoms with E-state index in [-0.39, 0.29) is 11.6 Å². The Hall–Kier alpha value is -0.770. The first-order valence-corrected chi connectivity index (χ1v) is 3.80. The maximum atomic E-state index is 11.1. The van der Waals surface area contributed by atoms with Crippen LogP contribution in [0.25, 0.3) is 0 Å². The molecule has 11 heavy (non-hydrogen) atoms. The van der Waals surface area contributed by atoms with Crippen molar-refractivity contribution in [2.45, 2.75) is 18.4 Å². The van der Waals surface area contributed by atoms with Crippen LogP contribution in [0.4, 0.5) is 4.79 Å². The number of amides is 1. The Morgan fingerprint density at radius 3 is 2.55 bits per heavy atom. The molecule has 1 heterocycles. The molecule has 1 aliphatic carbocycles. The molecule has 62 valence electrons. The van der Waals surface area contributed by atoms with Crippen LogP contribution < -0.4 is 0 Å². The summed E-state index contributed by atoms with van der Waals surface area (Å²) >= 11 is 0. The van der Waals surface area contributed by atoms with Crippen molar-refractivity contribution in [3.05, 3.63) is 0 Å². The number of ether oxygens (including phenoxy) is 1. The van der Waals surface area contributed by atoms with Gasteiger partial charge in [0.15, 0.2) is 0 Å². The lowest BCUT2D eigenvalue weighted by Gasteiger charge is -2.26. The number of hydrogen-bond donors (Lipinski definition) is 0. The van der Waals surface area contributed by atoms with E-state index in [1.807, 2.05) is 19.1 Å². The summed E-state index contributed by atoms with van der Waals surface area (Å²) in [5.41, 5.74) is 0.0422. The molecule has 2 rings (SSSR count). The number of carbonyl (C=O) groups excluding carboxylic acids is 1. The van der Waals surface area contributed by atoms with E-state index in [1.54, 1.807) is 5.01 Å². The Labute approximate surface area is 65.7 Å². The second-order valence-electron chi connectivity index (χ2n) is 3.44. The lowest BCUT2D eigenvalue weighted by Crippen LogP contribution is -2.45. The summed E-state index contributed by atoms with van der Waals surface area (Å²) in [7, 11) is 3.74. The van der Waals surface area contributed by atoms with Crippen molar-refractivity contribution in [1.82, 2.24) is 10.0 Å². The van der Waals surface area contributed by atoms with Crippen LogP contribution in [-0.4, -0.2) is 42.4 Å². The summed E-state index contributed by atoms with van der Waals surface area (Å²) in [6.07, 6.45) is 1.96. The summed E-state index contributed by atoms with van der Waals surface area (Å²) in [5, 5.41) is 3.52. The van der Waals surface area contributed by atoms with Gasteiger partial charge < -0.3 is 4.74 Å². The van der Waals surface area contributed by atoms with Crippen molar-refractivity contribution < 1.29 is 9.53 Å². The zero-order valence-electron chi connectivity index (χ0n) is 6.83. The molecule has 1 aliphatic heterocycles. The van der Waals surface area contributed by atoms with Gasteiger partial charge in [-0.05, 0) is 12.8 Å². The third kappa shape index (κ3) is 0.822. The fraction of sp³-hybridized carbons (Fsp3) is 0.857. The molecule has 4 heteroatoms. The average molecular weight is 156 g/mol. The number of hydrazine groups is 1. The highest BCUT2D eigenvalue weighted by atomic mass is 16.6. The van der Waals surface area contributed by atoms with Gasteiger partial charge in [-0.2, -0.15) is 0 Å². The molecule has 0 unspecified atom stereocenters. The van der Waals surface area contributed by atoms with Crippen LogP contribution >= 0.6 is 0 Å². The average Bonchev–Trinajstić information content (AvgIpc) is 2.56. The van der Waals surface area contributed by atoms with Gasteiger partial charge in [0.25, 0.3) is 0 Å². The van der Waals surface area contributed by atoms with Gasteiger partial charge >= 0.3 is 6.09 Å². The molecule has 0 aromatic rings. The SMILES string of the molecule is CN(C)N1C(=O)OCC12CC2. The molecular formula is C7H12N2O2. The van der Waals surface area contributed by atoms with Crippen LogP contribution in [0.3, 0.4) is 0 Å². The summed E-state index contributed by atoms with van der Waals surface area (Å²) < 4.78 is 4.95. The van der Waals surface area contributed by atoms with E-state index in [9.17, 15) is 4.79 Å². The minimum atomic E-state index is -0.201. The number of hydrogen-bond acceptors (Lipinski definition) is 3. The lowest BCUT2D eigenvalue weighted by molar-refractivity contribution is 0.0365. The summed E-state index contributed by atoms with van der Waals surface area (Å²) in [6.45, 7) is 0.573. The Bertz CT molecular complexity index is 199. The minimum Gasteiger partial charge on any atom is -0.446 e. The molecule has 0 aromatic carbocycles. The van der Waals surface area contributed by atoms with E-state index in [4.69, 9.17) is 4.74 Å². The molecule has 2 aliphatic rings. The number of carbonyl (C=O) groups is 1. The van der Waals surface area contributed by atoms with Crippen molar-refractivity contribution in [2.75, 3.05) is 20.7 Å².